The summed E-state index contributed by atoms with van der Waals surface area (Å²) in [6, 6.07) is 0. The van der Waals surface area contributed by atoms with E-state index in [9.17, 15) is 4.79 Å². The number of rotatable bonds is 5. The smallest absolute Gasteiger partial charge is 0.160 e. The molecule has 1 aromatic rings. The summed E-state index contributed by atoms with van der Waals surface area (Å²) in [6.07, 6.45) is 4.07. The van der Waals surface area contributed by atoms with Gasteiger partial charge in [-0.15, -0.1) is 0 Å². The number of imidazole rings is 1. The van der Waals surface area contributed by atoms with Gasteiger partial charge in [-0.3, -0.25) is 9.69 Å². The topological polar surface area (TPSA) is 47.4 Å². The normalized spacial score (nSPS) is 17.6. The summed E-state index contributed by atoms with van der Waals surface area (Å²) >= 11 is 0. The number of hydrogen-bond donors (Lipinski definition) is 0. The number of Topliss-reactive ketones (excluding diaryl/α,β-unsaturated/α-hetero) is 1. The van der Waals surface area contributed by atoms with Gasteiger partial charge in [0.25, 0.3) is 0 Å². The Balaban J connectivity index is 2.05. The van der Waals surface area contributed by atoms with E-state index in [4.69, 9.17) is 4.74 Å². The fraction of sp³-hybridized carbons (Fsp3) is 0.714. The zero-order chi connectivity index (χ0) is 13.9. The van der Waals surface area contributed by atoms with Gasteiger partial charge >= 0.3 is 0 Å². The SMILES string of the molecule is CCn1ccnc1CC(=O)C(C)(C)N1CCOCC1. The van der Waals surface area contributed by atoms with Crippen molar-refractivity contribution in [2.45, 2.75) is 39.3 Å². The highest BCUT2D eigenvalue weighted by Crippen LogP contribution is 2.19. The van der Waals surface area contributed by atoms with Crippen LogP contribution >= 0.6 is 0 Å². The second-order valence-corrected chi connectivity index (χ2v) is 5.39. The summed E-state index contributed by atoms with van der Waals surface area (Å²) in [4.78, 5) is 19.1. The summed E-state index contributed by atoms with van der Waals surface area (Å²) in [6.45, 7) is 9.96. The minimum Gasteiger partial charge on any atom is -0.379 e. The molecule has 0 aliphatic carbocycles. The van der Waals surface area contributed by atoms with Gasteiger partial charge in [0.05, 0.1) is 25.2 Å². The van der Waals surface area contributed by atoms with Gasteiger partial charge in [0.2, 0.25) is 0 Å². The molecule has 2 heterocycles. The summed E-state index contributed by atoms with van der Waals surface area (Å²) in [5, 5.41) is 0. The largest absolute Gasteiger partial charge is 0.379 e. The van der Waals surface area contributed by atoms with Gasteiger partial charge in [-0.05, 0) is 20.8 Å². The molecule has 1 aliphatic heterocycles. The first kappa shape index (κ1) is 14.2. The molecule has 2 rings (SSSR count). The van der Waals surface area contributed by atoms with Gasteiger partial charge in [-0.1, -0.05) is 0 Å². The second kappa shape index (κ2) is 5.84. The molecule has 0 unspecified atom stereocenters. The van der Waals surface area contributed by atoms with E-state index < -0.39 is 5.54 Å². The van der Waals surface area contributed by atoms with Crippen molar-refractivity contribution >= 4 is 5.78 Å². The van der Waals surface area contributed by atoms with Crippen molar-refractivity contribution in [3.8, 4) is 0 Å². The number of aryl methyl sites for hydroxylation is 1. The maximum Gasteiger partial charge on any atom is 0.160 e. The molecule has 1 aliphatic rings. The highest BCUT2D eigenvalue weighted by Gasteiger charge is 2.35. The highest BCUT2D eigenvalue weighted by molar-refractivity contribution is 5.88. The van der Waals surface area contributed by atoms with Crippen LogP contribution in [0.25, 0.3) is 0 Å². The van der Waals surface area contributed by atoms with Crippen LogP contribution in [0, 0.1) is 0 Å². The number of morpholine rings is 1. The standard InChI is InChI=1S/C14H23N3O2/c1-4-16-6-5-15-13(16)11-12(18)14(2,3)17-7-9-19-10-8-17/h5-6H,4,7-11H2,1-3H3. The van der Waals surface area contributed by atoms with Gasteiger partial charge in [-0.25, -0.2) is 4.98 Å². The average Bonchev–Trinajstić information content (AvgIpc) is 2.87. The quantitative estimate of drug-likeness (QED) is 0.800. The van der Waals surface area contributed by atoms with E-state index in [0.717, 1.165) is 25.5 Å². The molecule has 5 nitrogen and oxygen atoms in total. The van der Waals surface area contributed by atoms with Crippen LogP contribution in [0.5, 0.6) is 0 Å². The van der Waals surface area contributed by atoms with Crippen LogP contribution in [0.3, 0.4) is 0 Å². The van der Waals surface area contributed by atoms with Crippen molar-refractivity contribution in [1.82, 2.24) is 14.5 Å². The summed E-state index contributed by atoms with van der Waals surface area (Å²) in [7, 11) is 0. The lowest BCUT2D eigenvalue weighted by atomic mass is 9.93. The molecule has 1 aromatic heterocycles. The molecule has 0 spiro atoms. The first-order chi connectivity index (χ1) is 9.05. The summed E-state index contributed by atoms with van der Waals surface area (Å²) in [5.74, 6) is 1.07. The lowest BCUT2D eigenvalue weighted by Gasteiger charge is -2.39. The van der Waals surface area contributed by atoms with Gasteiger partial charge in [0.15, 0.2) is 5.78 Å². The number of aromatic nitrogens is 2. The van der Waals surface area contributed by atoms with Gasteiger partial charge in [0, 0.05) is 32.0 Å². The Bertz CT molecular complexity index is 434. The fourth-order valence-corrected chi connectivity index (χ4v) is 2.45. The van der Waals surface area contributed by atoms with E-state index in [-0.39, 0.29) is 5.78 Å². The number of ketones is 1. The van der Waals surface area contributed by atoms with Crippen LogP contribution in [-0.4, -0.2) is 52.1 Å². The van der Waals surface area contributed by atoms with Crippen molar-refractivity contribution in [2.75, 3.05) is 26.3 Å². The Hall–Kier alpha value is -1.20. The highest BCUT2D eigenvalue weighted by atomic mass is 16.5. The van der Waals surface area contributed by atoms with Crippen LogP contribution in [0.2, 0.25) is 0 Å². The van der Waals surface area contributed by atoms with Gasteiger partial charge in [0.1, 0.15) is 5.82 Å². The molecule has 0 bridgehead atoms. The Morgan fingerprint density at radius 3 is 2.74 bits per heavy atom. The molecule has 19 heavy (non-hydrogen) atoms. The Morgan fingerprint density at radius 2 is 2.11 bits per heavy atom. The zero-order valence-electron chi connectivity index (χ0n) is 12.1. The van der Waals surface area contributed by atoms with E-state index in [2.05, 4.69) is 16.8 Å². The van der Waals surface area contributed by atoms with Gasteiger partial charge in [-0.2, -0.15) is 0 Å². The number of nitrogens with zero attached hydrogens (tertiary/aromatic N) is 3. The number of hydrogen-bond acceptors (Lipinski definition) is 4. The van der Waals surface area contributed by atoms with Crippen molar-refractivity contribution in [1.29, 1.82) is 0 Å². The van der Waals surface area contributed by atoms with Crippen LogP contribution in [0.4, 0.5) is 0 Å². The predicted octanol–water partition coefficient (Wildman–Crippen LogP) is 1.13. The molecule has 5 heteroatoms. The molecule has 106 valence electrons. The van der Waals surface area contributed by atoms with Gasteiger partial charge < -0.3 is 9.30 Å². The average molecular weight is 265 g/mol. The number of ether oxygens (including phenoxy) is 1. The fourth-order valence-electron chi connectivity index (χ4n) is 2.45. The van der Waals surface area contributed by atoms with E-state index in [1.165, 1.54) is 0 Å². The lowest BCUT2D eigenvalue weighted by Crippen LogP contribution is -2.55. The van der Waals surface area contributed by atoms with E-state index in [0.29, 0.717) is 19.6 Å². The summed E-state index contributed by atoms with van der Waals surface area (Å²) < 4.78 is 7.37. The predicted molar refractivity (Wildman–Crippen MR) is 73.1 cm³/mol. The molecule has 1 fully saturated rings. The molecule has 1 saturated heterocycles. The van der Waals surface area contributed by atoms with E-state index in [1.54, 1.807) is 6.20 Å². The molecule has 0 radical (unpaired) electrons. The first-order valence-electron chi connectivity index (χ1n) is 6.91. The van der Waals surface area contributed by atoms with Crippen LogP contribution in [0.1, 0.15) is 26.6 Å². The Kier molecular flexibility index (Phi) is 4.37. The number of carbonyl (C=O) groups is 1. The summed E-state index contributed by atoms with van der Waals surface area (Å²) in [5.41, 5.74) is -0.450. The second-order valence-electron chi connectivity index (χ2n) is 5.39. The third-order valence-corrected chi connectivity index (χ3v) is 3.95. The molecular weight excluding hydrogens is 242 g/mol. The third kappa shape index (κ3) is 3.04. The van der Waals surface area contributed by atoms with Crippen molar-refractivity contribution in [3.05, 3.63) is 18.2 Å². The maximum absolute atomic E-state index is 12.6. The Labute approximate surface area is 114 Å². The lowest BCUT2D eigenvalue weighted by molar-refractivity contribution is -0.131. The molecule has 0 aromatic carbocycles. The number of carbonyl (C=O) groups excluding carboxylic acids is 1. The molecule has 0 atom stereocenters. The Morgan fingerprint density at radius 1 is 1.42 bits per heavy atom. The van der Waals surface area contributed by atoms with Crippen molar-refractivity contribution < 1.29 is 9.53 Å². The minimum atomic E-state index is -0.450. The van der Waals surface area contributed by atoms with Crippen LogP contribution in [0.15, 0.2) is 12.4 Å². The van der Waals surface area contributed by atoms with Crippen molar-refractivity contribution in [3.63, 3.8) is 0 Å². The molecular formula is C14H23N3O2. The van der Waals surface area contributed by atoms with Crippen LogP contribution in [-0.2, 0) is 22.5 Å². The maximum atomic E-state index is 12.6. The minimum absolute atomic E-state index is 0.218. The molecule has 0 saturated carbocycles. The molecule has 0 N–H and O–H groups in total. The van der Waals surface area contributed by atoms with Crippen LogP contribution < -0.4 is 0 Å². The first-order valence-corrected chi connectivity index (χ1v) is 6.91. The zero-order valence-corrected chi connectivity index (χ0v) is 12.1. The van der Waals surface area contributed by atoms with E-state index >= 15 is 0 Å². The van der Waals surface area contributed by atoms with Crippen molar-refractivity contribution in [2.24, 2.45) is 0 Å². The molecule has 0 amide bonds. The van der Waals surface area contributed by atoms with E-state index in [1.807, 2.05) is 24.6 Å². The third-order valence-electron chi connectivity index (χ3n) is 3.95. The monoisotopic (exact) mass is 265 g/mol.